The van der Waals surface area contributed by atoms with E-state index in [9.17, 15) is 14.4 Å². The summed E-state index contributed by atoms with van der Waals surface area (Å²) in [6.07, 6.45) is 4.02. The van der Waals surface area contributed by atoms with Gasteiger partial charge in [-0.15, -0.1) is 0 Å². The number of likely N-dealkylation sites (tertiary alicyclic amines) is 2. The van der Waals surface area contributed by atoms with Crippen LogP contribution in [0, 0.1) is 0 Å². The van der Waals surface area contributed by atoms with E-state index in [-0.39, 0.29) is 36.2 Å². The summed E-state index contributed by atoms with van der Waals surface area (Å²) >= 11 is 0. The van der Waals surface area contributed by atoms with Gasteiger partial charge in [-0.2, -0.15) is 0 Å². The van der Waals surface area contributed by atoms with Crippen molar-refractivity contribution >= 4 is 28.6 Å². The van der Waals surface area contributed by atoms with Crippen LogP contribution < -0.4 is 11.1 Å². The Hall–Kier alpha value is -3.39. The average molecular weight is 477 g/mol. The third-order valence-corrected chi connectivity index (χ3v) is 7.18. The van der Waals surface area contributed by atoms with E-state index in [0.717, 1.165) is 43.3 Å². The number of oxazole rings is 1. The molecule has 2 saturated heterocycles. The molecule has 35 heavy (non-hydrogen) atoms. The van der Waals surface area contributed by atoms with Crippen LogP contribution in [0.2, 0.25) is 0 Å². The van der Waals surface area contributed by atoms with Crippen LogP contribution in [0.1, 0.15) is 44.6 Å². The summed E-state index contributed by atoms with van der Waals surface area (Å²) < 4.78 is 6.98. The van der Waals surface area contributed by atoms with Crippen LogP contribution in [0.15, 0.2) is 57.7 Å². The fourth-order valence-electron chi connectivity index (χ4n) is 5.58. The number of rotatable bonds is 7. The van der Waals surface area contributed by atoms with Crippen molar-refractivity contribution in [2.75, 3.05) is 18.4 Å². The van der Waals surface area contributed by atoms with Crippen molar-refractivity contribution in [3.63, 3.8) is 0 Å². The van der Waals surface area contributed by atoms with Crippen LogP contribution >= 0.6 is 0 Å². The molecular weight excluding hydrogens is 444 g/mol. The van der Waals surface area contributed by atoms with Gasteiger partial charge in [0.25, 0.3) is 0 Å². The molecule has 0 aliphatic carbocycles. The molecule has 2 aliphatic heterocycles. The van der Waals surface area contributed by atoms with E-state index >= 15 is 0 Å². The van der Waals surface area contributed by atoms with E-state index in [1.54, 1.807) is 16.7 Å². The van der Waals surface area contributed by atoms with Crippen molar-refractivity contribution in [2.24, 2.45) is 0 Å². The van der Waals surface area contributed by atoms with Gasteiger partial charge in [-0.05, 0) is 43.4 Å². The van der Waals surface area contributed by atoms with E-state index in [4.69, 9.17) is 4.42 Å². The Bertz CT molecular complexity index is 1270. The molecule has 184 valence electrons. The Balaban J connectivity index is 1.26. The van der Waals surface area contributed by atoms with Crippen LogP contribution in [0.4, 0.5) is 5.69 Å². The first kappa shape index (κ1) is 23.4. The van der Waals surface area contributed by atoms with Crippen molar-refractivity contribution in [3.05, 3.63) is 64.6 Å². The maximum Gasteiger partial charge on any atom is 0.419 e. The smallest absolute Gasteiger partial charge is 0.408 e. The molecule has 2 aromatic carbocycles. The van der Waals surface area contributed by atoms with E-state index in [1.807, 2.05) is 36.1 Å². The molecule has 1 N–H and O–H groups in total. The van der Waals surface area contributed by atoms with Gasteiger partial charge in [-0.25, -0.2) is 4.79 Å². The van der Waals surface area contributed by atoms with Crippen molar-refractivity contribution in [2.45, 2.75) is 64.2 Å². The molecule has 3 heterocycles. The average Bonchev–Trinajstić information content (AvgIpc) is 3.32. The Morgan fingerprint density at radius 2 is 1.91 bits per heavy atom. The first-order valence-electron chi connectivity index (χ1n) is 12.5. The van der Waals surface area contributed by atoms with Crippen molar-refractivity contribution in [3.8, 4) is 0 Å². The lowest BCUT2D eigenvalue weighted by atomic mass is 10.0. The van der Waals surface area contributed by atoms with Crippen LogP contribution in [0.3, 0.4) is 0 Å². The highest BCUT2D eigenvalue weighted by Crippen LogP contribution is 2.31. The largest absolute Gasteiger partial charge is 0.419 e. The normalized spacial score (nSPS) is 20.7. The second-order valence-electron chi connectivity index (χ2n) is 9.54. The molecule has 0 radical (unpaired) electrons. The zero-order chi connectivity index (χ0) is 24.4. The number of aromatic nitrogens is 1. The Kier molecular flexibility index (Phi) is 6.72. The number of hydrogen-bond acceptors (Lipinski definition) is 5. The summed E-state index contributed by atoms with van der Waals surface area (Å²) in [5.41, 5.74) is 2.95. The fourth-order valence-corrected chi connectivity index (χ4v) is 5.58. The fraction of sp³-hybridized carbons (Fsp3) is 0.444. The maximum atomic E-state index is 12.9. The Labute approximate surface area is 204 Å². The minimum atomic E-state index is -0.378. The van der Waals surface area contributed by atoms with Gasteiger partial charge < -0.3 is 14.6 Å². The standard InChI is InChI=1S/C27H32N4O4/c1-2-14-30-23-12-11-20(16-24(23)35-27(30)34)28-25(32)18-29-15-13-22-21(29)9-6-10-26(33)31(22)17-19-7-4-3-5-8-19/h3-5,7-8,11-12,16,21-22H,2,6,9-10,13-15,17-18H2,1H3,(H,28,32)/t21-,22-/m0/s1. The van der Waals surface area contributed by atoms with Crippen LogP contribution in [-0.4, -0.2) is 51.4 Å². The van der Waals surface area contributed by atoms with Gasteiger partial charge in [0.1, 0.15) is 0 Å². The topological polar surface area (TPSA) is 87.8 Å². The van der Waals surface area contributed by atoms with Gasteiger partial charge in [0.05, 0.1) is 12.1 Å². The van der Waals surface area contributed by atoms with Gasteiger partial charge in [0.2, 0.25) is 11.8 Å². The molecule has 0 bridgehead atoms. The molecule has 3 aromatic rings. The van der Waals surface area contributed by atoms with Crippen molar-refractivity contribution < 1.29 is 14.0 Å². The molecule has 8 nitrogen and oxygen atoms in total. The van der Waals surface area contributed by atoms with Gasteiger partial charge in [-0.3, -0.25) is 19.1 Å². The minimum Gasteiger partial charge on any atom is -0.408 e. The monoisotopic (exact) mass is 476 g/mol. The van der Waals surface area contributed by atoms with E-state index < -0.39 is 0 Å². The third kappa shape index (κ3) is 4.89. The summed E-state index contributed by atoms with van der Waals surface area (Å²) in [5.74, 6) is -0.278. The van der Waals surface area contributed by atoms with E-state index in [1.165, 1.54) is 0 Å². The van der Waals surface area contributed by atoms with Crippen LogP contribution in [-0.2, 0) is 22.7 Å². The molecule has 2 fully saturated rings. The highest BCUT2D eigenvalue weighted by molar-refractivity contribution is 5.94. The molecule has 5 rings (SSSR count). The molecule has 1 aromatic heterocycles. The number of anilines is 1. The number of carbonyl (C=O) groups excluding carboxylic acids is 2. The minimum absolute atomic E-state index is 0.106. The number of aryl methyl sites for hydroxylation is 1. The van der Waals surface area contributed by atoms with Crippen LogP contribution in [0.25, 0.3) is 11.1 Å². The van der Waals surface area contributed by atoms with Gasteiger partial charge in [-0.1, -0.05) is 37.3 Å². The lowest BCUT2D eigenvalue weighted by Crippen LogP contribution is -2.47. The zero-order valence-electron chi connectivity index (χ0n) is 20.1. The molecule has 2 aliphatic rings. The molecule has 2 amide bonds. The highest BCUT2D eigenvalue weighted by Gasteiger charge is 2.41. The summed E-state index contributed by atoms with van der Waals surface area (Å²) in [6, 6.07) is 15.7. The Morgan fingerprint density at radius 1 is 1.09 bits per heavy atom. The summed E-state index contributed by atoms with van der Waals surface area (Å²) in [5, 5.41) is 2.96. The van der Waals surface area contributed by atoms with E-state index in [2.05, 4.69) is 22.3 Å². The lowest BCUT2D eigenvalue weighted by molar-refractivity contribution is -0.133. The number of benzene rings is 2. The third-order valence-electron chi connectivity index (χ3n) is 7.18. The van der Waals surface area contributed by atoms with Gasteiger partial charge >= 0.3 is 5.76 Å². The maximum absolute atomic E-state index is 12.9. The summed E-state index contributed by atoms with van der Waals surface area (Å²) in [6.45, 7) is 4.28. The molecule has 0 spiro atoms. The quantitative estimate of drug-likeness (QED) is 0.563. The number of nitrogens with zero attached hydrogens (tertiary/aromatic N) is 3. The van der Waals surface area contributed by atoms with E-state index in [0.29, 0.717) is 30.8 Å². The second-order valence-corrected chi connectivity index (χ2v) is 9.54. The predicted octanol–water partition coefficient (Wildman–Crippen LogP) is 3.60. The number of nitrogens with one attached hydrogen (secondary N) is 1. The van der Waals surface area contributed by atoms with Crippen LogP contribution in [0.5, 0.6) is 0 Å². The Morgan fingerprint density at radius 3 is 2.71 bits per heavy atom. The highest BCUT2D eigenvalue weighted by atomic mass is 16.4. The first-order chi connectivity index (χ1) is 17.0. The van der Waals surface area contributed by atoms with Crippen molar-refractivity contribution in [1.82, 2.24) is 14.4 Å². The molecule has 2 atom stereocenters. The molecular formula is C27H32N4O4. The van der Waals surface area contributed by atoms with Gasteiger partial charge in [0, 0.05) is 49.9 Å². The molecule has 0 saturated carbocycles. The van der Waals surface area contributed by atoms with Gasteiger partial charge in [0.15, 0.2) is 5.58 Å². The second kappa shape index (κ2) is 10.1. The molecule has 8 heteroatoms. The summed E-state index contributed by atoms with van der Waals surface area (Å²) in [4.78, 5) is 42.2. The first-order valence-corrected chi connectivity index (χ1v) is 12.5. The number of hydrogen-bond donors (Lipinski definition) is 1. The molecule has 0 unspecified atom stereocenters. The predicted molar refractivity (Wildman–Crippen MR) is 134 cm³/mol. The zero-order valence-corrected chi connectivity index (χ0v) is 20.1. The number of amides is 2. The van der Waals surface area contributed by atoms with Crippen molar-refractivity contribution in [1.29, 1.82) is 0 Å². The lowest BCUT2D eigenvalue weighted by Gasteiger charge is -2.33. The SMILES string of the molecule is CCCn1c(=O)oc2cc(NC(=O)CN3CC[C@H]4[C@@H]3CCCC(=O)N4Cc3ccccc3)ccc21. The number of fused-ring (bicyclic) bond motifs is 2. The summed E-state index contributed by atoms with van der Waals surface area (Å²) in [7, 11) is 0. The number of carbonyl (C=O) groups is 2.